The molecule has 9 nitrogen and oxygen atoms in total. The van der Waals surface area contributed by atoms with Crippen LogP contribution in [-0.2, 0) is 19.8 Å². The van der Waals surface area contributed by atoms with Crippen molar-refractivity contribution in [2.45, 2.75) is 50.9 Å². The van der Waals surface area contributed by atoms with Crippen LogP contribution in [-0.4, -0.2) is 37.0 Å². The van der Waals surface area contributed by atoms with Crippen LogP contribution in [0.25, 0.3) is 6.08 Å². The first-order valence-electron chi connectivity index (χ1n) is 16.3. The van der Waals surface area contributed by atoms with Gasteiger partial charge in [-0.25, -0.2) is 14.1 Å². The Labute approximate surface area is 291 Å². The summed E-state index contributed by atoms with van der Waals surface area (Å²) in [5.74, 6) is 0.616. The number of rotatable bonds is 9. The number of imide groups is 2. The largest absolute Gasteiger partial charge is 0.490 e. The molecule has 0 atom stereocenters. The molecule has 4 saturated carbocycles. The van der Waals surface area contributed by atoms with Gasteiger partial charge in [0, 0.05) is 5.69 Å². The average molecular weight is 764 g/mol. The molecule has 48 heavy (non-hydrogen) atoms. The SMILES string of the molecule is CCOc1cc(/C=C2\C(=O)NC(=O)N(c3ccc(C45CC6CC(CC(C6)C4)C5)cc3)C2=O)cc(I)c1OCC(=O)Nc1ccc(F)cc1. The van der Waals surface area contributed by atoms with E-state index in [1.165, 1.54) is 74.4 Å². The van der Waals surface area contributed by atoms with Gasteiger partial charge in [-0.05, 0) is 157 Å². The maximum absolute atomic E-state index is 13.7. The number of carbonyl (C=O) groups is 4. The van der Waals surface area contributed by atoms with Crippen molar-refractivity contribution in [3.63, 3.8) is 0 Å². The number of benzene rings is 3. The summed E-state index contributed by atoms with van der Waals surface area (Å²) in [4.78, 5) is 53.1. The smallest absolute Gasteiger partial charge is 0.335 e. The number of urea groups is 1. The first-order valence-corrected chi connectivity index (χ1v) is 17.3. The monoisotopic (exact) mass is 763 g/mol. The van der Waals surface area contributed by atoms with Crippen LogP contribution < -0.4 is 25.0 Å². The number of carbonyl (C=O) groups excluding carboxylic acids is 4. The Bertz CT molecular complexity index is 1790. The Balaban J connectivity index is 1.09. The van der Waals surface area contributed by atoms with Gasteiger partial charge in [-0.15, -0.1) is 0 Å². The van der Waals surface area contributed by atoms with Crippen molar-refractivity contribution in [2.75, 3.05) is 23.4 Å². The van der Waals surface area contributed by atoms with Gasteiger partial charge in [-0.2, -0.15) is 0 Å². The molecule has 1 heterocycles. The topological polar surface area (TPSA) is 114 Å². The molecule has 1 saturated heterocycles. The van der Waals surface area contributed by atoms with E-state index >= 15 is 0 Å². The summed E-state index contributed by atoms with van der Waals surface area (Å²) in [6.45, 7) is 1.74. The molecule has 0 aromatic heterocycles. The molecule has 4 bridgehead atoms. The van der Waals surface area contributed by atoms with Gasteiger partial charge in [-0.1, -0.05) is 12.1 Å². The molecule has 0 unspecified atom stereocenters. The molecule has 4 aliphatic carbocycles. The number of nitrogens with zero attached hydrogens (tertiary/aromatic N) is 1. The molecular formula is C37H35FIN3O6. The maximum atomic E-state index is 13.7. The number of amides is 5. The summed E-state index contributed by atoms with van der Waals surface area (Å²) in [7, 11) is 0. The van der Waals surface area contributed by atoms with E-state index in [0.29, 0.717) is 32.0 Å². The third-order valence-corrected chi connectivity index (χ3v) is 10.8. The lowest BCUT2D eigenvalue weighted by atomic mass is 9.48. The molecule has 5 fully saturated rings. The van der Waals surface area contributed by atoms with E-state index in [1.54, 1.807) is 19.1 Å². The molecule has 1 aliphatic heterocycles. The van der Waals surface area contributed by atoms with Gasteiger partial charge >= 0.3 is 6.03 Å². The molecule has 0 spiro atoms. The number of barbiturate groups is 1. The normalized spacial score (nSPS) is 25.3. The third kappa shape index (κ3) is 6.31. The summed E-state index contributed by atoms with van der Waals surface area (Å²) in [6, 6.07) is 15.6. The molecule has 5 aliphatic rings. The van der Waals surface area contributed by atoms with Crippen LogP contribution >= 0.6 is 22.6 Å². The lowest BCUT2D eigenvalue weighted by Gasteiger charge is -2.57. The number of hydrogen-bond acceptors (Lipinski definition) is 6. The molecule has 5 amide bonds. The van der Waals surface area contributed by atoms with E-state index in [-0.39, 0.29) is 24.2 Å². The van der Waals surface area contributed by atoms with Crippen LogP contribution in [0.15, 0.2) is 66.2 Å². The second-order valence-corrected chi connectivity index (χ2v) is 14.5. The fraction of sp³-hybridized carbons (Fsp3) is 0.351. The summed E-state index contributed by atoms with van der Waals surface area (Å²) in [5.41, 5.74) is 2.54. The van der Waals surface area contributed by atoms with Crippen molar-refractivity contribution in [3.05, 3.63) is 86.8 Å². The predicted molar refractivity (Wildman–Crippen MR) is 186 cm³/mol. The Morgan fingerprint density at radius 1 is 0.979 bits per heavy atom. The Hall–Kier alpha value is -4.26. The van der Waals surface area contributed by atoms with Crippen LogP contribution in [0.1, 0.15) is 56.6 Å². The number of ether oxygens (including phenoxy) is 2. The zero-order chi connectivity index (χ0) is 33.6. The van der Waals surface area contributed by atoms with Crippen molar-refractivity contribution < 1.29 is 33.0 Å². The van der Waals surface area contributed by atoms with E-state index in [4.69, 9.17) is 9.47 Å². The van der Waals surface area contributed by atoms with E-state index in [1.807, 2.05) is 34.7 Å². The van der Waals surface area contributed by atoms with Crippen molar-refractivity contribution in [3.8, 4) is 11.5 Å². The minimum atomic E-state index is -0.794. The third-order valence-electron chi connectivity index (χ3n) is 10.00. The molecule has 0 radical (unpaired) electrons. The van der Waals surface area contributed by atoms with Crippen LogP contribution in [0, 0.1) is 27.1 Å². The van der Waals surface area contributed by atoms with Crippen molar-refractivity contribution in [2.24, 2.45) is 17.8 Å². The first kappa shape index (κ1) is 32.3. The molecular weight excluding hydrogens is 728 g/mol. The van der Waals surface area contributed by atoms with Crippen LogP contribution in [0.3, 0.4) is 0 Å². The summed E-state index contributed by atoms with van der Waals surface area (Å²) in [5, 5.41) is 4.95. The average Bonchev–Trinajstić information content (AvgIpc) is 3.03. The standard InChI is InChI=1S/C37H35FIN3O6/c1-2-47-31-16-21(15-30(39)33(31)48-20-32(43)40-27-7-5-26(38)6-8-27)14-29-34(44)41-36(46)42(35(29)45)28-9-3-25(4-10-28)37-17-22-11-23(18-37)13-24(12-22)19-37/h3-10,14-16,22-24H,2,11-13,17-20H2,1H3,(H,40,43)(H,41,44,46)/b29-14+. The molecule has 11 heteroatoms. The van der Waals surface area contributed by atoms with Crippen LogP contribution in [0.5, 0.6) is 11.5 Å². The second kappa shape index (κ2) is 13.0. The highest BCUT2D eigenvalue weighted by molar-refractivity contribution is 14.1. The van der Waals surface area contributed by atoms with E-state index in [9.17, 15) is 23.6 Å². The number of hydrogen-bond donors (Lipinski definition) is 2. The van der Waals surface area contributed by atoms with Gasteiger partial charge in [0.05, 0.1) is 15.9 Å². The van der Waals surface area contributed by atoms with Gasteiger partial charge in [0.1, 0.15) is 11.4 Å². The van der Waals surface area contributed by atoms with Gasteiger partial charge in [0.2, 0.25) is 0 Å². The Kier molecular flexibility index (Phi) is 8.73. The van der Waals surface area contributed by atoms with Crippen molar-refractivity contribution in [1.29, 1.82) is 0 Å². The van der Waals surface area contributed by atoms with E-state index in [0.717, 1.165) is 22.7 Å². The van der Waals surface area contributed by atoms with Gasteiger partial charge in [0.25, 0.3) is 17.7 Å². The zero-order valence-electron chi connectivity index (χ0n) is 26.4. The second-order valence-electron chi connectivity index (χ2n) is 13.3. The number of anilines is 2. The predicted octanol–water partition coefficient (Wildman–Crippen LogP) is 6.98. The molecule has 2 N–H and O–H groups in total. The Morgan fingerprint density at radius 2 is 1.62 bits per heavy atom. The lowest BCUT2D eigenvalue weighted by Crippen LogP contribution is -2.54. The van der Waals surface area contributed by atoms with E-state index in [2.05, 4.69) is 22.8 Å². The fourth-order valence-electron chi connectivity index (χ4n) is 8.43. The number of halogens is 2. The molecule has 3 aromatic carbocycles. The Morgan fingerprint density at radius 3 is 2.25 bits per heavy atom. The fourth-order valence-corrected chi connectivity index (χ4v) is 9.21. The van der Waals surface area contributed by atoms with Crippen LogP contribution in [0.2, 0.25) is 0 Å². The highest BCUT2D eigenvalue weighted by Gasteiger charge is 2.51. The zero-order valence-corrected chi connectivity index (χ0v) is 28.5. The molecule has 248 valence electrons. The van der Waals surface area contributed by atoms with Gasteiger partial charge in [0.15, 0.2) is 18.1 Å². The summed E-state index contributed by atoms with van der Waals surface area (Å²) >= 11 is 2.02. The minimum absolute atomic E-state index is 0.181. The molecule has 8 rings (SSSR count). The van der Waals surface area contributed by atoms with Gasteiger partial charge in [-0.3, -0.25) is 19.7 Å². The maximum Gasteiger partial charge on any atom is 0.335 e. The van der Waals surface area contributed by atoms with Crippen molar-refractivity contribution >= 4 is 63.8 Å². The van der Waals surface area contributed by atoms with Gasteiger partial charge < -0.3 is 14.8 Å². The highest BCUT2D eigenvalue weighted by Crippen LogP contribution is 2.60. The highest BCUT2D eigenvalue weighted by atomic mass is 127. The summed E-state index contributed by atoms with van der Waals surface area (Å²) in [6.07, 6.45) is 9.07. The minimum Gasteiger partial charge on any atom is -0.490 e. The first-order chi connectivity index (χ1) is 23.1. The summed E-state index contributed by atoms with van der Waals surface area (Å²) < 4.78 is 25.4. The molecule has 3 aromatic rings. The van der Waals surface area contributed by atoms with E-state index < -0.39 is 29.6 Å². The van der Waals surface area contributed by atoms with Crippen molar-refractivity contribution in [1.82, 2.24) is 5.32 Å². The number of nitrogens with one attached hydrogen (secondary N) is 2. The quantitative estimate of drug-likeness (QED) is 0.138. The van der Waals surface area contributed by atoms with Crippen LogP contribution in [0.4, 0.5) is 20.6 Å². The lowest BCUT2D eigenvalue weighted by molar-refractivity contribution is -0.122.